The van der Waals surface area contributed by atoms with Gasteiger partial charge in [0.05, 0.1) is 12.7 Å². The second-order valence-electron chi connectivity index (χ2n) is 4.82. The molecule has 6 heteroatoms. The van der Waals surface area contributed by atoms with Gasteiger partial charge in [-0.25, -0.2) is 4.79 Å². The molecule has 0 amide bonds. The van der Waals surface area contributed by atoms with E-state index >= 15 is 0 Å². The number of hydrogen-bond donors (Lipinski definition) is 1. The minimum atomic E-state index is -1.45. The van der Waals surface area contributed by atoms with Gasteiger partial charge in [0.2, 0.25) is 0 Å². The zero-order valence-electron chi connectivity index (χ0n) is 12.4. The molecule has 0 fully saturated rings. The van der Waals surface area contributed by atoms with Crippen LogP contribution in [0, 0.1) is 0 Å². The molecule has 0 bridgehead atoms. The molecule has 1 heterocycles. The summed E-state index contributed by atoms with van der Waals surface area (Å²) in [6, 6.07) is 8.84. The third kappa shape index (κ3) is 4.08. The number of benzene rings is 1. The molecular formula is C17H15NO5. The lowest BCUT2D eigenvalue weighted by molar-refractivity contribution is 0.0600. The number of hydrogen-bond acceptors (Lipinski definition) is 6. The SMILES string of the molecule is COC(=O)c1ccc(C(=O)C(O)CC(=O)c2cccnc2)cc1. The van der Waals surface area contributed by atoms with Gasteiger partial charge in [-0.15, -0.1) is 0 Å². The van der Waals surface area contributed by atoms with Crippen molar-refractivity contribution in [3.8, 4) is 0 Å². The highest BCUT2D eigenvalue weighted by molar-refractivity contribution is 6.05. The summed E-state index contributed by atoms with van der Waals surface area (Å²) in [7, 11) is 1.26. The number of carbonyl (C=O) groups is 3. The molecule has 0 aliphatic rings. The summed E-state index contributed by atoms with van der Waals surface area (Å²) >= 11 is 0. The van der Waals surface area contributed by atoms with Crippen molar-refractivity contribution in [2.45, 2.75) is 12.5 Å². The first-order chi connectivity index (χ1) is 11.0. The van der Waals surface area contributed by atoms with Gasteiger partial charge in [0, 0.05) is 29.9 Å². The maximum Gasteiger partial charge on any atom is 0.337 e. The molecule has 2 aromatic rings. The molecule has 0 aliphatic heterocycles. The topological polar surface area (TPSA) is 93.6 Å². The third-order valence-corrected chi connectivity index (χ3v) is 3.26. The fraction of sp³-hybridized carbons (Fsp3) is 0.176. The Labute approximate surface area is 132 Å². The van der Waals surface area contributed by atoms with Crippen molar-refractivity contribution in [1.82, 2.24) is 4.98 Å². The zero-order valence-corrected chi connectivity index (χ0v) is 12.4. The normalized spacial score (nSPS) is 11.6. The molecule has 1 atom stereocenters. The smallest absolute Gasteiger partial charge is 0.337 e. The van der Waals surface area contributed by atoms with Crippen LogP contribution in [0.5, 0.6) is 0 Å². The Morgan fingerprint density at radius 1 is 1.09 bits per heavy atom. The van der Waals surface area contributed by atoms with E-state index < -0.39 is 17.9 Å². The highest BCUT2D eigenvalue weighted by atomic mass is 16.5. The van der Waals surface area contributed by atoms with E-state index in [-0.39, 0.29) is 17.8 Å². The predicted molar refractivity (Wildman–Crippen MR) is 81.3 cm³/mol. The van der Waals surface area contributed by atoms with Gasteiger partial charge in [-0.05, 0) is 24.3 Å². The highest BCUT2D eigenvalue weighted by Crippen LogP contribution is 2.12. The van der Waals surface area contributed by atoms with Crippen LogP contribution >= 0.6 is 0 Å². The number of rotatable bonds is 6. The number of nitrogens with zero attached hydrogens (tertiary/aromatic N) is 1. The number of aliphatic hydroxyl groups is 1. The molecule has 2 rings (SSSR count). The van der Waals surface area contributed by atoms with Crippen molar-refractivity contribution in [3.05, 3.63) is 65.5 Å². The second kappa shape index (κ2) is 7.42. The first-order valence-electron chi connectivity index (χ1n) is 6.87. The van der Waals surface area contributed by atoms with Crippen LogP contribution in [0.3, 0.4) is 0 Å². The molecular weight excluding hydrogens is 298 g/mol. The standard InChI is InChI=1S/C17H15NO5/c1-23-17(22)12-6-4-11(5-7-12)16(21)15(20)9-14(19)13-3-2-8-18-10-13/h2-8,10,15,20H,9H2,1H3. The lowest BCUT2D eigenvalue weighted by atomic mass is 9.99. The summed E-state index contributed by atoms with van der Waals surface area (Å²) in [6.07, 6.45) is 1.13. The van der Waals surface area contributed by atoms with E-state index in [9.17, 15) is 19.5 Å². The van der Waals surface area contributed by atoms with Crippen molar-refractivity contribution >= 4 is 17.5 Å². The molecule has 1 N–H and O–H groups in total. The average molecular weight is 313 g/mol. The number of Topliss-reactive ketones (excluding diaryl/α,β-unsaturated/α-hetero) is 2. The van der Waals surface area contributed by atoms with Crippen molar-refractivity contribution in [2.24, 2.45) is 0 Å². The van der Waals surface area contributed by atoms with Crippen LogP contribution in [-0.4, -0.2) is 40.8 Å². The maximum absolute atomic E-state index is 12.1. The maximum atomic E-state index is 12.1. The molecule has 1 aromatic carbocycles. The summed E-state index contributed by atoms with van der Waals surface area (Å²) in [5.41, 5.74) is 0.842. The summed E-state index contributed by atoms with van der Waals surface area (Å²) in [5, 5.41) is 9.95. The summed E-state index contributed by atoms with van der Waals surface area (Å²) < 4.78 is 4.56. The Hall–Kier alpha value is -2.86. The summed E-state index contributed by atoms with van der Waals surface area (Å²) in [4.78, 5) is 39.2. The van der Waals surface area contributed by atoms with Crippen LogP contribution in [0.4, 0.5) is 0 Å². The number of ketones is 2. The molecule has 1 unspecified atom stereocenters. The van der Waals surface area contributed by atoms with Gasteiger partial charge in [-0.1, -0.05) is 12.1 Å². The van der Waals surface area contributed by atoms with Gasteiger partial charge in [-0.2, -0.15) is 0 Å². The Balaban J connectivity index is 2.05. The Morgan fingerprint density at radius 3 is 2.30 bits per heavy atom. The largest absolute Gasteiger partial charge is 0.465 e. The monoisotopic (exact) mass is 313 g/mol. The van der Waals surface area contributed by atoms with E-state index in [0.717, 1.165) is 0 Å². The van der Waals surface area contributed by atoms with Crippen molar-refractivity contribution < 1.29 is 24.2 Å². The quantitative estimate of drug-likeness (QED) is 0.644. The summed E-state index contributed by atoms with van der Waals surface area (Å²) in [5.74, 6) is -1.47. The fourth-order valence-electron chi connectivity index (χ4n) is 1.99. The van der Waals surface area contributed by atoms with Crippen molar-refractivity contribution in [3.63, 3.8) is 0 Å². The molecule has 118 valence electrons. The van der Waals surface area contributed by atoms with Gasteiger partial charge in [-0.3, -0.25) is 14.6 Å². The number of aromatic nitrogens is 1. The van der Waals surface area contributed by atoms with Gasteiger partial charge < -0.3 is 9.84 Å². The van der Waals surface area contributed by atoms with E-state index in [4.69, 9.17) is 0 Å². The second-order valence-corrected chi connectivity index (χ2v) is 4.82. The minimum Gasteiger partial charge on any atom is -0.465 e. The van der Waals surface area contributed by atoms with Gasteiger partial charge in [0.15, 0.2) is 11.6 Å². The molecule has 0 saturated carbocycles. The van der Waals surface area contributed by atoms with E-state index in [0.29, 0.717) is 11.1 Å². The van der Waals surface area contributed by atoms with Crippen LogP contribution < -0.4 is 0 Å². The van der Waals surface area contributed by atoms with Gasteiger partial charge in [0.25, 0.3) is 0 Å². The van der Waals surface area contributed by atoms with E-state index in [1.165, 1.54) is 43.8 Å². The number of carbonyl (C=O) groups excluding carboxylic acids is 3. The van der Waals surface area contributed by atoms with Gasteiger partial charge in [0.1, 0.15) is 6.10 Å². The van der Waals surface area contributed by atoms with Crippen LogP contribution in [0.2, 0.25) is 0 Å². The zero-order chi connectivity index (χ0) is 16.8. The summed E-state index contributed by atoms with van der Waals surface area (Å²) in [6.45, 7) is 0. The van der Waals surface area contributed by atoms with Crippen LogP contribution in [0.1, 0.15) is 37.5 Å². The average Bonchev–Trinajstić information content (AvgIpc) is 2.61. The van der Waals surface area contributed by atoms with Crippen LogP contribution in [0.25, 0.3) is 0 Å². The fourth-order valence-corrected chi connectivity index (χ4v) is 1.99. The Bertz CT molecular complexity index is 710. The Kier molecular flexibility index (Phi) is 5.32. The van der Waals surface area contributed by atoms with Crippen LogP contribution in [0.15, 0.2) is 48.8 Å². The Morgan fingerprint density at radius 2 is 1.74 bits per heavy atom. The number of ether oxygens (including phenoxy) is 1. The number of methoxy groups -OCH3 is 1. The molecule has 23 heavy (non-hydrogen) atoms. The van der Waals surface area contributed by atoms with Crippen molar-refractivity contribution in [2.75, 3.05) is 7.11 Å². The number of aliphatic hydroxyl groups excluding tert-OH is 1. The lowest BCUT2D eigenvalue weighted by Crippen LogP contribution is -2.24. The molecule has 6 nitrogen and oxygen atoms in total. The van der Waals surface area contributed by atoms with Crippen molar-refractivity contribution in [1.29, 1.82) is 0 Å². The predicted octanol–water partition coefficient (Wildman–Crippen LogP) is 1.68. The van der Waals surface area contributed by atoms with E-state index in [2.05, 4.69) is 9.72 Å². The van der Waals surface area contributed by atoms with Gasteiger partial charge >= 0.3 is 5.97 Å². The molecule has 0 radical (unpaired) electrons. The first-order valence-corrected chi connectivity index (χ1v) is 6.87. The number of pyridine rings is 1. The first kappa shape index (κ1) is 16.5. The molecule has 0 saturated heterocycles. The molecule has 1 aromatic heterocycles. The molecule has 0 spiro atoms. The third-order valence-electron chi connectivity index (χ3n) is 3.26. The lowest BCUT2D eigenvalue weighted by Gasteiger charge is -2.09. The highest BCUT2D eigenvalue weighted by Gasteiger charge is 2.21. The molecule has 0 aliphatic carbocycles. The van der Waals surface area contributed by atoms with E-state index in [1.807, 2.05) is 0 Å². The number of esters is 1. The van der Waals surface area contributed by atoms with E-state index in [1.54, 1.807) is 12.1 Å². The van der Waals surface area contributed by atoms with Crippen LogP contribution in [-0.2, 0) is 4.74 Å². The minimum absolute atomic E-state index is 0.212.